The Morgan fingerprint density at radius 1 is 1.15 bits per heavy atom. The number of amides is 2. The molecule has 0 saturated heterocycles. The summed E-state index contributed by atoms with van der Waals surface area (Å²) >= 11 is 0. The van der Waals surface area contributed by atoms with Gasteiger partial charge in [0, 0.05) is 12.6 Å². The van der Waals surface area contributed by atoms with E-state index in [0.717, 1.165) is 35.7 Å². The Hall–Kier alpha value is -2.77. The highest BCUT2D eigenvalue weighted by molar-refractivity contribution is 5.74. The Morgan fingerprint density at radius 3 is 2.59 bits per heavy atom. The quantitative estimate of drug-likeness (QED) is 0.751. The fourth-order valence-electron chi connectivity index (χ4n) is 3.22. The van der Waals surface area contributed by atoms with Gasteiger partial charge in [-0.15, -0.1) is 0 Å². The number of rotatable bonds is 5. The molecule has 0 spiro atoms. The largest absolute Gasteiger partial charge is 0.435 e. The average molecular weight is 382 g/mol. The number of carbonyl (C=O) groups excluding carboxylic acids is 1. The number of benzene rings is 2. The lowest BCUT2D eigenvalue weighted by Crippen LogP contribution is -2.38. The number of ether oxygens (including phenoxy) is 1. The van der Waals surface area contributed by atoms with Gasteiger partial charge in [0.15, 0.2) is 0 Å². The molecule has 0 saturated carbocycles. The van der Waals surface area contributed by atoms with Crippen molar-refractivity contribution < 1.29 is 27.1 Å². The van der Waals surface area contributed by atoms with Crippen LogP contribution >= 0.6 is 0 Å². The Bertz CT molecular complexity index is 809. The lowest BCUT2D eigenvalue weighted by Gasteiger charge is -2.27. The second-order valence-corrected chi connectivity index (χ2v) is 6.29. The molecule has 27 heavy (non-hydrogen) atoms. The summed E-state index contributed by atoms with van der Waals surface area (Å²) in [6.45, 7) is -2.92. The third-order valence-electron chi connectivity index (χ3n) is 4.33. The van der Waals surface area contributed by atoms with Crippen molar-refractivity contribution in [2.45, 2.75) is 38.5 Å². The van der Waals surface area contributed by atoms with E-state index in [1.54, 1.807) is 12.1 Å². The molecule has 8 heteroatoms. The minimum Gasteiger partial charge on any atom is -0.435 e. The summed E-state index contributed by atoms with van der Waals surface area (Å²) in [5.74, 6) is -1.34. The van der Waals surface area contributed by atoms with Gasteiger partial charge in [-0.2, -0.15) is 8.78 Å². The number of hydrogen-bond acceptors (Lipinski definition) is 2. The van der Waals surface area contributed by atoms with Crippen molar-refractivity contribution in [3.05, 3.63) is 64.7 Å². The summed E-state index contributed by atoms with van der Waals surface area (Å²) in [7, 11) is 0. The SMILES string of the molecule is O=C(NCc1cc(F)cc(F)c1)NC1CCCc2cc(OC(F)F)ccc21. The number of carbonyl (C=O) groups is 1. The van der Waals surface area contributed by atoms with Gasteiger partial charge in [-0.25, -0.2) is 13.6 Å². The summed E-state index contributed by atoms with van der Waals surface area (Å²) in [4.78, 5) is 12.1. The van der Waals surface area contributed by atoms with Gasteiger partial charge in [0.1, 0.15) is 17.4 Å². The van der Waals surface area contributed by atoms with E-state index >= 15 is 0 Å². The topological polar surface area (TPSA) is 50.4 Å². The van der Waals surface area contributed by atoms with E-state index in [-0.39, 0.29) is 18.3 Å². The van der Waals surface area contributed by atoms with Gasteiger partial charge in [0.2, 0.25) is 0 Å². The van der Waals surface area contributed by atoms with E-state index in [0.29, 0.717) is 18.4 Å². The smallest absolute Gasteiger partial charge is 0.387 e. The molecule has 1 aliphatic carbocycles. The number of halogens is 4. The molecular formula is C19H18F4N2O2. The van der Waals surface area contributed by atoms with E-state index in [1.807, 2.05) is 0 Å². The van der Waals surface area contributed by atoms with E-state index in [2.05, 4.69) is 15.4 Å². The number of fused-ring (bicyclic) bond motifs is 1. The van der Waals surface area contributed by atoms with Gasteiger partial charge in [0.25, 0.3) is 0 Å². The zero-order valence-corrected chi connectivity index (χ0v) is 14.3. The third kappa shape index (κ3) is 5.12. The second kappa shape index (κ2) is 8.28. The highest BCUT2D eigenvalue weighted by atomic mass is 19.3. The summed E-state index contributed by atoms with van der Waals surface area (Å²) in [6, 6.07) is 6.95. The van der Waals surface area contributed by atoms with E-state index in [1.165, 1.54) is 6.07 Å². The van der Waals surface area contributed by atoms with Crippen molar-refractivity contribution in [3.8, 4) is 5.75 Å². The molecule has 2 N–H and O–H groups in total. The van der Waals surface area contributed by atoms with Gasteiger partial charge in [-0.3, -0.25) is 0 Å². The van der Waals surface area contributed by atoms with Crippen LogP contribution in [0.5, 0.6) is 5.75 Å². The number of alkyl halides is 2. The Morgan fingerprint density at radius 2 is 1.89 bits per heavy atom. The average Bonchev–Trinajstić information content (AvgIpc) is 2.59. The molecule has 3 rings (SSSR count). The number of nitrogens with one attached hydrogen (secondary N) is 2. The van der Waals surface area contributed by atoms with Crippen LogP contribution in [0.1, 0.15) is 35.6 Å². The first-order valence-corrected chi connectivity index (χ1v) is 8.47. The number of aryl methyl sites for hydroxylation is 1. The zero-order valence-electron chi connectivity index (χ0n) is 14.3. The fraction of sp³-hybridized carbons (Fsp3) is 0.316. The van der Waals surface area contributed by atoms with Gasteiger partial charge in [0.05, 0.1) is 6.04 Å². The molecule has 1 unspecified atom stereocenters. The highest BCUT2D eigenvalue weighted by Gasteiger charge is 2.22. The molecule has 0 radical (unpaired) electrons. The van der Waals surface area contributed by atoms with E-state index in [4.69, 9.17) is 0 Å². The lowest BCUT2D eigenvalue weighted by atomic mass is 9.87. The molecular weight excluding hydrogens is 364 g/mol. The highest BCUT2D eigenvalue weighted by Crippen LogP contribution is 2.32. The van der Waals surface area contributed by atoms with Crippen LogP contribution in [-0.4, -0.2) is 12.6 Å². The molecule has 1 atom stereocenters. The van der Waals surface area contributed by atoms with Crippen molar-refractivity contribution in [1.29, 1.82) is 0 Å². The van der Waals surface area contributed by atoms with Crippen molar-refractivity contribution >= 4 is 6.03 Å². The zero-order chi connectivity index (χ0) is 19.4. The molecule has 2 aromatic rings. The van der Waals surface area contributed by atoms with Gasteiger partial charge >= 0.3 is 12.6 Å². The molecule has 2 amide bonds. The summed E-state index contributed by atoms with van der Waals surface area (Å²) in [6.07, 6.45) is 2.19. The van der Waals surface area contributed by atoms with Crippen LogP contribution in [-0.2, 0) is 13.0 Å². The Kier molecular flexibility index (Phi) is 5.83. The first kappa shape index (κ1) is 19.0. The van der Waals surface area contributed by atoms with Crippen molar-refractivity contribution in [2.75, 3.05) is 0 Å². The minimum atomic E-state index is -2.89. The number of hydrogen-bond donors (Lipinski definition) is 2. The molecule has 0 fully saturated rings. The van der Waals surface area contributed by atoms with Crippen molar-refractivity contribution in [1.82, 2.24) is 10.6 Å². The number of urea groups is 1. The molecule has 0 bridgehead atoms. The van der Waals surface area contributed by atoms with Gasteiger partial charge < -0.3 is 15.4 Å². The third-order valence-corrected chi connectivity index (χ3v) is 4.33. The monoisotopic (exact) mass is 382 g/mol. The van der Waals surface area contributed by atoms with Crippen LogP contribution in [0.15, 0.2) is 36.4 Å². The van der Waals surface area contributed by atoms with Crippen LogP contribution < -0.4 is 15.4 Å². The maximum atomic E-state index is 13.2. The second-order valence-electron chi connectivity index (χ2n) is 6.29. The summed E-state index contributed by atoms with van der Waals surface area (Å²) in [5.41, 5.74) is 1.99. The van der Waals surface area contributed by atoms with Gasteiger partial charge in [-0.1, -0.05) is 6.07 Å². The maximum absolute atomic E-state index is 13.2. The van der Waals surface area contributed by atoms with Gasteiger partial charge in [-0.05, 0) is 60.2 Å². The van der Waals surface area contributed by atoms with E-state index < -0.39 is 24.3 Å². The molecule has 144 valence electrons. The molecule has 2 aromatic carbocycles. The minimum absolute atomic E-state index is 0.0265. The van der Waals surface area contributed by atoms with Crippen LogP contribution in [0.4, 0.5) is 22.4 Å². The van der Waals surface area contributed by atoms with Crippen molar-refractivity contribution in [3.63, 3.8) is 0 Å². The molecule has 1 aliphatic rings. The molecule has 0 aromatic heterocycles. The first-order valence-electron chi connectivity index (χ1n) is 8.47. The van der Waals surface area contributed by atoms with Crippen molar-refractivity contribution in [2.24, 2.45) is 0 Å². The maximum Gasteiger partial charge on any atom is 0.387 e. The molecule has 0 aliphatic heterocycles. The van der Waals surface area contributed by atoms with Crippen LogP contribution in [0.2, 0.25) is 0 Å². The van der Waals surface area contributed by atoms with E-state index in [9.17, 15) is 22.4 Å². The normalized spacial score (nSPS) is 16.0. The van der Waals surface area contributed by atoms with Crippen LogP contribution in [0, 0.1) is 11.6 Å². The van der Waals surface area contributed by atoms with Crippen LogP contribution in [0.3, 0.4) is 0 Å². The summed E-state index contributed by atoms with van der Waals surface area (Å²) in [5, 5.41) is 5.37. The lowest BCUT2D eigenvalue weighted by molar-refractivity contribution is -0.0499. The standard InChI is InChI=1S/C19H18F4N2O2/c20-13-6-11(7-14(21)9-13)10-24-19(26)25-17-3-1-2-12-8-15(27-18(22)23)4-5-16(12)17/h4-9,17-18H,1-3,10H2,(H2,24,25,26). The first-order chi connectivity index (χ1) is 12.9. The molecule has 0 heterocycles. The summed E-state index contributed by atoms with van der Waals surface area (Å²) < 4.78 is 55.4. The predicted molar refractivity (Wildman–Crippen MR) is 90.5 cm³/mol. The predicted octanol–water partition coefficient (Wildman–Crippen LogP) is 4.44. The Balaban J connectivity index is 1.62. The fourth-order valence-corrected chi connectivity index (χ4v) is 3.22. The Labute approximate surface area is 153 Å². The van der Waals surface area contributed by atoms with Crippen LogP contribution in [0.25, 0.3) is 0 Å². The molecule has 4 nitrogen and oxygen atoms in total.